The third-order valence-electron chi connectivity index (χ3n) is 2.48. The van der Waals surface area contributed by atoms with Gasteiger partial charge in [0.25, 0.3) is 5.22 Å². The number of benzene rings is 1. The van der Waals surface area contributed by atoms with Crippen molar-refractivity contribution in [1.29, 1.82) is 0 Å². The van der Waals surface area contributed by atoms with E-state index in [-0.39, 0.29) is 5.91 Å². The van der Waals surface area contributed by atoms with Crippen molar-refractivity contribution in [1.82, 2.24) is 15.5 Å². The molecular weight excluding hydrogens is 262 g/mol. The molecule has 0 fully saturated rings. The zero-order valence-electron chi connectivity index (χ0n) is 10.8. The summed E-state index contributed by atoms with van der Waals surface area (Å²) in [7, 11) is 0. The second-order valence-corrected chi connectivity index (χ2v) is 5.07. The third-order valence-corrected chi connectivity index (χ3v) is 3.30. The molecular formula is C13H15N3O2S. The first-order chi connectivity index (χ1) is 9.16. The van der Waals surface area contributed by atoms with Gasteiger partial charge in [-0.25, -0.2) is 0 Å². The van der Waals surface area contributed by atoms with Crippen LogP contribution in [0.2, 0.25) is 0 Å². The molecule has 0 aliphatic carbocycles. The predicted molar refractivity (Wildman–Crippen MR) is 73.9 cm³/mol. The fourth-order valence-corrected chi connectivity index (χ4v) is 2.17. The Balaban J connectivity index is 1.96. The van der Waals surface area contributed by atoms with Gasteiger partial charge in [0.15, 0.2) is 0 Å². The number of carbonyl (C=O) groups is 1. The van der Waals surface area contributed by atoms with Crippen LogP contribution in [0.15, 0.2) is 33.9 Å². The van der Waals surface area contributed by atoms with E-state index in [0.29, 0.717) is 23.4 Å². The van der Waals surface area contributed by atoms with Gasteiger partial charge in [-0.3, -0.25) is 4.79 Å². The van der Waals surface area contributed by atoms with Crippen LogP contribution in [0.25, 0.3) is 11.5 Å². The number of nitrogens with one attached hydrogen (secondary N) is 1. The zero-order chi connectivity index (χ0) is 13.7. The highest BCUT2D eigenvalue weighted by Crippen LogP contribution is 2.25. The number of nitrogens with zero attached hydrogens (tertiary/aromatic N) is 2. The van der Waals surface area contributed by atoms with Gasteiger partial charge in [0.1, 0.15) is 0 Å². The van der Waals surface area contributed by atoms with E-state index in [9.17, 15) is 4.79 Å². The maximum Gasteiger partial charge on any atom is 0.276 e. The SMILES string of the molecule is CC(=O)NCCSc1nnc(-c2ccccc2C)o1. The molecule has 0 atom stereocenters. The van der Waals surface area contributed by atoms with Crippen LogP contribution in [0.5, 0.6) is 0 Å². The molecule has 5 nitrogen and oxygen atoms in total. The van der Waals surface area contributed by atoms with Gasteiger partial charge >= 0.3 is 0 Å². The first-order valence-electron chi connectivity index (χ1n) is 5.93. The van der Waals surface area contributed by atoms with E-state index in [0.717, 1.165) is 11.1 Å². The lowest BCUT2D eigenvalue weighted by molar-refractivity contribution is -0.118. The topological polar surface area (TPSA) is 68.0 Å². The summed E-state index contributed by atoms with van der Waals surface area (Å²) >= 11 is 1.43. The van der Waals surface area contributed by atoms with Crippen molar-refractivity contribution < 1.29 is 9.21 Å². The number of amides is 1. The fourth-order valence-electron chi connectivity index (χ4n) is 1.56. The summed E-state index contributed by atoms with van der Waals surface area (Å²) < 4.78 is 5.59. The fraction of sp³-hybridized carbons (Fsp3) is 0.308. The first-order valence-corrected chi connectivity index (χ1v) is 6.92. The van der Waals surface area contributed by atoms with Crippen molar-refractivity contribution in [3.63, 3.8) is 0 Å². The van der Waals surface area contributed by atoms with E-state index >= 15 is 0 Å². The zero-order valence-corrected chi connectivity index (χ0v) is 11.7. The molecule has 1 heterocycles. The minimum absolute atomic E-state index is 0.0354. The Kier molecular flexibility index (Phi) is 4.57. The monoisotopic (exact) mass is 277 g/mol. The Morgan fingerprint density at radius 3 is 2.89 bits per heavy atom. The smallest absolute Gasteiger partial charge is 0.276 e. The largest absolute Gasteiger partial charge is 0.411 e. The number of hydrogen-bond acceptors (Lipinski definition) is 5. The Bertz CT molecular complexity index is 569. The van der Waals surface area contributed by atoms with Crippen molar-refractivity contribution in [2.45, 2.75) is 19.1 Å². The Morgan fingerprint density at radius 2 is 2.16 bits per heavy atom. The van der Waals surface area contributed by atoms with Crippen LogP contribution in [0.1, 0.15) is 12.5 Å². The van der Waals surface area contributed by atoms with Crippen LogP contribution in [0.3, 0.4) is 0 Å². The van der Waals surface area contributed by atoms with Crippen LogP contribution in [0, 0.1) is 6.92 Å². The molecule has 0 radical (unpaired) electrons. The first kappa shape index (κ1) is 13.6. The average molecular weight is 277 g/mol. The molecule has 0 saturated carbocycles. The van der Waals surface area contributed by atoms with E-state index in [1.807, 2.05) is 31.2 Å². The van der Waals surface area contributed by atoms with Crippen molar-refractivity contribution in [3.05, 3.63) is 29.8 Å². The van der Waals surface area contributed by atoms with Crippen molar-refractivity contribution in [2.24, 2.45) is 0 Å². The molecule has 1 aromatic carbocycles. The molecule has 2 rings (SSSR count). The molecule has 0 aliphatic rings. The van der Waals surface area contributed by atoms with Crippen molar-refractivity contribution in [3.8, 4) is 11.5 Å². The third kappa shape index (κ3) is 3.82. The van der Waals surface area contributed by atoms with Crippen LogP contribution in [-0.4, -0.2) is 28.4 Å². The second kappa shape index (κ2) is 6.38. The molecule has 0 saturated heterocycles. The maximum absolute atomic E-state index is 10.7. The van der Waals surface area contributed by atoms with Crippen LogP contribution in [-0.2, 0) is 4.79 Å². The minimum Gasteiger partial charge on any atom is -0.411 e. The molecule has 1 aromatic heterocycles. The van der Waals surface area contributed by atoms with Crippen molar-refractivity contribution >= 4 is 17.7 Å². The van der Waals surface area contributed by atoms with E-state index in [4.69, 9.17) is 4.42 Å². The summed E-state index contributed by atoms with van der Waals surface area (Å²) in [6.07, 6.45) is 0. The number of aryl methyl sites for hydroxylation is 1. The highest BCUT2D eigenvalue weighted by molar-refractivity contribution is 7.99. The number of thioether (sulfide) groups is 1. The van der Waals surface area contributed by atoms with Crippen LogP contribution >= 0.6 is 11.8 Å². The van der Waals surface area contributed by atoms with E-state index in [1.54, 1.807) is 0 Å². The summed E-state index contributed by atoms with van der Waals surface area (Å²) in [5, 5.41) is 11.3. The standard InChI is InChI=1S/C13H15N3O2S/c1-9-5-3-4-6-11(9)12-15-16-13(18-12)19-8-7-14-10(2)17/h3-6H,7-8H2,1-2H3,(H,14,17). The average Bonchev–Trinajstić information content (AvgIpc) is 2.83. The van der Waals surface area contributed by atoms with Gasteiger partial charge in [-0.05, 0) is 18.6 Å². The van der Waals surface area contributed by atoms with Gasteiger partial charge in [-0.2, -0.15) is 0 Å². The highest BCUT2D eigenvalue weighted by Gasteiger charge is 2.10. The Labute approximate surface area is 115 Å². The lowest BCUT2D eigenvalue weighted by Crippen LogP contribution is -2.22. The van der Waals surface area contributed by atoms with Gasteiger partial charge < -0.3 is 9.73 Å². The van der Waals surface area contributed by atoms with Crippen LogP contribution in [0.4, 0.5) is 0 Å². The summed E-state index contributed by atoms with van der Waals surface area (Å²) in [5.41, 5.74) is 2.05. The molecule has 1 amide bonds. The Hall–Kier alpha value is -1.82. The van der Waals surface area contributed by atoms with Gasteiger partial charge in [-0.15, -0.1) is 10.2 Å². The quantitative estimate of drug-likeness (QED) is 0.670. The summed E-state index contributed by atoms with van der Waals surface area (Å²) in [4.78, 5) is 10.7. The number of aromatic nitrogens is 2. The molecule has 0 unspecified atom stereocenters. The van der Waals surface area contributed by atoms with Gasteiger partial charge in [0.05, 0.1) is 0 Å². The Morgan fingerprint density at radius 1 is 1.37 bits per heavy atom. The molecule has 19 heavy (non-hydrogen) atoms. The predicted octanol–water partition coefficient (Wildman–Crippen LogP) is 2.27. The summed E-state index contributed by atoms with van der Waals surface area (Å²) in [5.74, 6) is 1.20. The van der Waals surface area contributed by atoms with Gasteiger partial charge in [0, 0.05) is 24.8 Å². The maximum atomic E-state index is 10.7. The lowest BCUT2D eigenvalue weighted by Gasteiger charge is -1.99. The normalized spacial score (nSPS) is 10.4. The van der Waals surface area contributed by atoms with E-state index in [2.05, 4.69) is 15.5 Å². The second-order valence-electron chi connectivity index (χ2n) is 4.02. The molecule has 100 valence electrons. The van der Waals surface area contributed by atoms with Gasteiger partial charge in [0.2, 0.25) is 11.8 Å². The molecule has 0 spiro atoms. The number of carbonyl (C=O) groups excluding carboxylic acids is 1. The summed E-state index contributed by atoms with van der Waals surface area (Å²) in [6.45, 7) is 4.08. The molecule has 0 aliphatic heterocycles. The van der Waals surface area contributed by atoms with E-state index in [1.165, 1.54) is 18.7 Å². The number of rotatable bonds is 5. The molecule has 6 heteroatoms. The van der Waals surface area contributed by atoms with Gasteiger partial charge in [-0.1, -0.05) is 30.0 Å². The summed E-state index contributed by atoms with van der Waals surface area (Å²) in [6, 6.07) is 7.87. The van der Waals surface area contributed by atoms with Crippen LogP contribution < -0.4 is 5.32 Å². The molecule has 1 N–H and O–H groups in total. The molecule has 2 aromatic rings. The minimum atomic E-state index is -0.0354. The van der Waals surface area contributed by atoms with Crippen molar-refractivity contribution in [2.75, 3.05) is 12.3 Å². The van der Waals surface area contributed by atoms with E-state index < -0.39 is 0 Å². The number of hydrogen-bond donors (Lipinski definition) is 1. The highest BCUT2D eigenvalue weighted by atomic mass is 32.2. The molecule has 0 bridgehead atoms. The lowest BCUT2D eigenvalue weighted by atomic mass is 10.1.